The topological polar surface area (TPSA) is 43.4 Å². The summed E-state index contributed by atoms with van der Waals surface area (Å²) in [5.74, 6) is 1.01. The number of pyridine rings is 1. The molecule has 1 aromatic carbocycles. The molecule has 1 aliphatic rings. The molecule has 0 atom stereocenters. The number of hydrogen-bond acceptors (Lipinski definition) is 4. The van der Waals surface area contributed by atoms with Gasteiger partial charge in [-0.25, -0.2) is 4.98 Å². The van der Waals surface area contributed by atoms with Crippen LogP contribution in [-0.4, -0.2) is 42.3 Å². The van der Waals surface area contributed by atoms with Gasteiger partial charge in [0, 0.05) is 37.9 Å². The maximum atomic E-state index is 5.26. The van der Waals surface area contributed by atoms with E-state index in [4.69, 9.17) is 12.2 Å². The van der Waals surface area contributed by atoms with Gasteiger partial charge in [0.05, 0.1) is 11.9 Å². The van der Waals surface area contributed by atoms with Crippen molar-refractivity contribution in [3.63, 3.8) is 0 Å². The fraction of sp³-hybridized carbons (Fsp3) is 0.368. The highest BCUT2D eigenvalue weighted by atomic mass is 32.1. The van der Waals surface area contributed by atoms with E-state index < -0.39 is 0 Å². The number of aromatic nitrogens is 1. The van der Waals surface area contributed by atoms with E-state index in [1.807, 2.05) is 12.3 Å². The lowest BCUT2D eigenvalue weighted by Gasteiger charge is -2.36. The van der Waals surface area contributed by atoms with Gasteiger partial charge in [0.15, 0.2) is 5.11 Å². The van der Waals surface area contributed by atoms with Crippen molar-refractivity contribution >= 4 is 34.5 Å². The Labute approximate surface area is 155 Å². The van der Waals surface area contributed by atoms with Crippen LogP contribution >= 0.6 is 12.2 Å². The highest BCUT2D eigenvalue weighted by Crippen LogP contribution is 2.19. The fourth-order valence-corrected chi connectivity index (χ4v) is 3.26. The van der Waals surface area contributed by atoms with Crippen molar-refractivity contribution in [2.75, 3.05) is 41.3 Å². The third kappa shape index (κ3) is 4.82. The first-order chi connectivity index (χ1) is 12.1. The number of anilines is 3. The fourth-order valence-electron chi connectivity index (χ4n) is 2.91. The SMILES string of the molecule is CC(C)NC(=S)Nc1ccc(N2CCN(c3ccccc3)CC2)nc1. The number of hydrogen-bond donors (Lipinski definition) is 2. The number of rotatable bonds is 4. The van der Waals surface area contributed by atoms with Crippen molar-refractivity contribution in [1.29, 1.82) is 0 Å². The molecule has 1 saturated heterocycles. The molecule has 132 valence electrons. The summed E-state index contributed by atoms with van der Waals surface area (Å²) in [5, 5.41) is 6.96. The van der Waals surface area contributed by atoms with Crippen LogP contribution in [0.1, 0.15) is 13.8 Å². The minimum atomic E-state index is 0.313. The molecular formula is C19H25N5S. The molecule has 5 nitrogen and oxygen atoms in total. The van der Waals surface area contributed by atoms with Gasteiger partial charge in [-0.2, -0.15) is 0 Å². The minimum Gasteiger partial charge on any atom is -0.368 e. The molecule has 0 spiro atoms. The highest BCUT2D eigenvalue weighted by molar-refractivity contribution is 7.80. The van der Waals surface area contributed by atoms with Crippen molar-refractivity contribution in [2.45, 2.75) is 19.9 Å². The summed E-state index contributed by atoms with van der Waals surface area (Å²) in [6.45, 7) is 8.08. The quantitative estimate of drug-likeness (QED) is 0.822. The Balaban J connectivity index is 1.54. The summed E-state index contributed by atoms with van der Waals surface area (Å²) in [5.41, 5.74) is 2.20. The number of piperazine rings is 1. The van der Waals surface area contributed by atoms with Crippen LogP contribution in [0.5, 0.6) is 0 Å². The lowest BCUT2D eigenvalue weighted by molar-refractivity contribution is 0.647. The Bertz CT molecular complexity index is 679. The van der Waals surface area contributed by atoms with E-state index in [1.165, 1.54) is 5.69 Å². The zero-order chi connectivity index (χ0) is 17.6. The predicted octanol–water partition coefficient (Wildman–Crippen LogP) is 3.10. The summed E-state index contributed by atoms with van der Waals surface area (Å²) in [4.78, 5) is 9.34. The Hall–Kier alpha value is -2.34. The van der Waals surface area contributed by atoms with Gasteiger partial charge in [-0.3, -0.25) is 0 Å². The standard InChI is InChI=1S/C19H25N5S/c1-15(2)21-19(25)22-16-8-9-18(20-14-16)24-12-10-23(11-13-24)17-6-4-3-5-7-17/h3-9,14-15H,10-13H2,1-2H3,(H2,21,22,25). The van der Waals surface area contributed by atoms with Crippen molar-refractivity contribution < 1.29 is 0 Å². The molecule has 0 aliphatic carbocycles. The maximum Gasteiger partial charge on any atom is 0.171 e. The second-order valence-electron chi connectivity index (χ2n) is 6.47. The number of nitrogens with one attached hydrogen (secondary N) is 2. The Morgan fingerprint density at radius 3 is 2.28 bits per heavy atom. The summed E-state index contributed by atoms with van der Waals surface area (Å²) in [7, 11) is 0. The van der Waals surface area contributed by atoms with Crippen molar-refractivity contribution in [1.82, 2.24) is 10.3 Å². The van der Waals surface area contributed by atoms with Gasteiger partial charge in [-0.1, -0.05) is 18.2 Å². The molecule has 3 rings (SSSR count). The van der Waals surface area contributed by atoms with E-state index in [1.54, 1.807) is 0 Å². The zero-order valence-electron chi connectivity index (χ0n) is 14.8. The van der Waals surface area contributed by atoms with Gasteiger partial charge in [0.2, 0.25) is 0 Å². The van der Waals surface area contributed by atoms with Crippen LogP contribution in [0.15, 0.2) is 48.7 Å². The summed E-state index contributed by atoms with van der Waals surface area (Å²) >= 11 is 5.26. The van der Waals surface area contributed by atoms with Crippen LogP contribution in [0.2, 0.25) is 0 Å². The van der Waals surface area contributed by atoms with Crippen molar-refractivity contribution in [2.24, 2.45) is 0 Å². The molecule has 0 bridgehead atoms. The van der Waals surface area contributed by atoms with Crippen LogP contribution in [-0.2, 0) is 0 Å². The Morgan fingerprint density at radius 1 is 1.00 bits per heavy atom. The van der Waals surface area contributed by atoms with E-state index in [-0.39, 0.29) is 0 Å². The summed E-state index contributed by atoms with van der Waals surface area (Å²) in [6, 6.07) is 15.0. The Kier molecular flexibility index (Phi) is 5.71. The van der Waals surface area contributed by atoms with Gasteiger partial charge in [-0.15, -0.1) is 0 Å². The third-order valence-corrected chi connectivity index (χ3v) is 4.37. The van der Waals surface area contributed by atoms with Crippen LogP contribution in [0.25, 0.3) is 0 Å². The van der Waals surface area contributed by atoms with Crippen LogP contribution in [0.4, 0.5) is 17.2 Å². The molecule has 25 heavy (non-hydrogen) atoms. The first-order valence-corrected chi connectivity index (χ1v) is 9.11. The van der Waals surface area contributed by atoms with Crippen LogP contribution in [0.3, 0.4) is 0 Å². The van der Waals surface area contributed by atoms with E-state index >= 15 is 0 Å². The summed E-state index contributed by atoms with van der Waals surface area (Å²) in [6.07, 6.45) is 1.84. The molecule has 6 heteroatoms. The number of thiocarbonyl (C=S) groups is 1. The highest BCUT2D eigenvalue weighted by Gasteiger charge is 2.18. The van der Waals surface area contributed by atoms with Crippen LogP contribution in [0, 0.1) is 0 Å². The van der Waals surface area contributed by atoms with E-state index in [9.17, 15) is 0 Å². The Morgan fingerprint density at radius 2 is 1.68 bits per heavy atom. The van der Waals surface area contributed by atoms with E-state index in [2.05, 4.69) is 75.7 Å². The average Bonchev–Trinajstić information content (AvgIpc) is 2.62. The molecule has 1 aromatic heterocycles. The normalized spacial score (nSPS) is 14.5. The molecule has 1 fully saturated rings. The maximum absolute atomic E-state index is 5.26. The van der Waals surface area contributed by atoms with Crippen molar-refractivity contribution in [3.8, 4) is 0 Å². The molecule has 2 N–H and O–H groups in total. The van der Waals surface area contributed by atoms with Gasteiger partial charge < -0.3 is 20.4 Å². The van der Waals surface area contributed by atoms with E-state index in [0.29, 0.717) is 11.2 Å². The van der Waals surface area contributed by atoms with Gasteiger partial charge >= 0.3 is 0 Å². The molecule has 1 aliphatic heterocycles. The number of para-hydroxylation sites is 1. The second-order valence-corrected chi connectivity index (χ2v) is 6.88. The van der Waals surface area contributed by atoms with E-state index in [0.717, 1.165) is 37.7 Å². The predicted molar refractivity (Wildman–Crippen MR) is 110 cm³/mol. The van der Waals surface area contributed by atoms with Crippen molar-refractivity contribution in [3.05, 3.63) is 48.7 Å². The number of nitrogens with zero attached hydrogens (tertiary/aromatic N) is 3. The minimum absolute atomic E-state index is 0.313. The lowest BCUT2D eigenvalue weighted by Crippen LogP contribution is -2.46. The average molecular weight is 356 g/mol. The zero-order valence-corrected chi connectivity index (χ0v) is 15.6. The monoisotopic (exact) mass is 355 g/mol. The lowest BCUT2D eigenvalue weighted by atomic mass is 10.2. The largest absolute Gasteiger partial charge is 0.368 e. The first kappa shape index (κ1) is 17.5. The third-order valence-electron chi connectivity index (χ3n) is 4.15. The molecule has 0 amide bonds. The summed E-state index contributed by atoms with van der Waals surface area (Å²) < 4.78 is 0. The smallest absolute Gasteiger partial charge is 0.171 e. The molecule has 0 saturated carbocycles. The van der Waals surface area contributed by atoms with Gasteiger partial charge in [-0.05, 0) is 50.3 Å². The second kappa shape index (κ2) is 8.16. The molecule has 0 radical (unpaired) electrons. The molecule has 2 aromatic rings. The van der Waals surface area contributed by atoms with Gasteiger partial charge in [0.25, 0.3) is 0 Å². The van der Waals surface area contributed by atoms with Gasteiger partial charge in [0.1, 0.15) is 5.82 Å². The first-order valence-electron chi connectivity index (χ1n) is 8.70. The number of benzene rings is 1. The molecular weight excluding hydrogens is 330 g/mol. The molecule has 0 unspecified atom stereocenters. The molecule has 2 heterocycles. The van der Waals surface area contributed by atoms with Crippen LogP contribution < -0.4 is 20.4 Å².